The Morgan fingerprint density at radius 1 is 1.17 bits per heavy atom. The van der Waals surface area contributed by atoms with Gasteiger partial charge in [-0.15, -0.1) is 0 Å². The highest BCUT2D eigenvalue weighted by Crippen LogP contribution is 2.17. The quantitative estimate of drug-likeness (QED) is 0.851. The molecule has 7 nitrogen and oxygen atoms in total. The lowest BCUT2D eigenvalue weighted by Gasteiger charge is -2.10. The number of hydrogen-bond donors (Lipinski definition) is 2. The molecule has 2 rings (SSSR count). The Morgan fingerprint density at radius 2 is 1.83 bits per heavy atom. The van der Waals surface area contributed by atoms with Gasteiger partial charge in [0, 0.05) is 6.20 Å². The minimum atomic E-state index is -1.45. The van der Waals surface area contributed by atoms with Gasteiger partial charge in [0.05, 0.1) is 0 Å². The fourth-order valence-corrected chi connectivity index (χ4v) is 1.66. The molecule has 0 unspecified atom stereocenters. The van der Waals surface area contributed by atoms with Crippen LogP contribution in [0.1, 0.15) is 10.4 Å². The zero-order chi connectivity index (χ0) is 17.0. The zero-order valence-electron chi connectivity index (χ0n) is 11.5. The fraction of sp³-hybridized carbons (Fsp3) is 0.0714. The molecular formula is C14H10F2N2O5. The number of carbonyl (C=O) groups is 2. The van der Waals surface area contributed by atoms with E-state index in [1.807, 2.05) is 5.32 Å². The number of anilines is 1. The number of benzene rings is 1. The van der Waals surface area contributed by atoms with Crippen LogP contribution < -0.4 is 15.7 Å². The van der Waals surface area contributed by atoms with Crippen LogP contribution in [-0.4, -0.2) is 28.3 Å². The second-order valence-corrected chi connectivity index (χ2v) is 4.28. The third-order valence-corrected chi connectivity index (χ3v) is 2.71. The molecule has 0 bridgehead atoms. The second kappa shape index (κ2) is 6.69. The van der Waals surface area contributed by atoms with Gasteiger partial charge in [0.1, 0.15) is 22.9 Å². The van der Waals surface area contributed by atoms with Crippen LogP contribution in [-0.2, 0) is 4.79 Å². The van der Waals surface area contributed by atoms with Crippen molar-refractivity contribution in [2.75, 3.05) is 11.9 Å². The van der Waals surface area contributed by atoms with E-state index < -0.39 is 46.9 Å². The summed E-state index contributed by atoms with van der Waals surface area (Å²) in [5.41, 5.74) is -2.18. The maximum atomic E-state index is 13.4. The van der Waals surface area contributed by atoms with Crippen LogP contribution >= 0.6 is 0 Å². The third-order valence-electron chi connectivity index (χ3n) is 2.71. The molecule has 2 aromatic rings. The van der Waals surface area contributed by atoms with Gasteiger partial charge >= 0.3 is 5.97 Å². The maximum Gasteiger partial charge on any atom is 0.341 e. The fourth-order valence-electron chi connectivity index (χ4n) is 1.66. The summed E-state index contributed by atoms with van der Waals surface area (Å²) in [7, 11) is 0. The number of carbonyl (C=O) groups excluding carboxylic acids is 1. The molecule has 0 aliphatic carbocycles. The molecule has 0 atom stereocenters. The molecule has 120 valence electrons. The highest BCUT2D eigenvalue weighted by molar-refractivity contribution is 5.92. The largest absolute Gasteiger partial charge is 0.477 e. The van der Waals surface area contributed by atoms with E-state index in [0.29, 0.717) is 4.73 Å². The first-order valence-electron chi connectivity index (χ1n) is 6.22. The standard InChI is InChI=1S/C14H10F2N2O5/c15-9-4-1-5-10(16)12(9)17-11(19)7-23-18-6-2-3-8(13(18)20)14(21)22/h1-6H,7H2,(H,17,19)(H,21,22). The number of amides is 1. The Labute approximate surface area is 127 Å². The normalized spacial score (nSPS) is 10.2. The number of aromatic carboxylic acids is 1. The number of carboxylic acid groups (broad SMARTS) is 1. The van der Waals surface area contributed by atoms with Gasteiger partial charge in [0.15, 0.2) is 6.61 Å². The van der Waals surface area contributed by atoms with E-state index in [9.17, 15) is 23.2 Å². The maximum absolute atomic E-state index is 13.4. The van der Waals surface area contributed by atoms with Crippen molar-refractivity contribution in [3.05, 3.63) is 64.1 Å². The highest BCUT2D eigenvalue weighted by atomic mass is 19.1. The van der Waals surface area contributed by atoms with Crippen molar-refractivity contribution in [1.82, 2.24) is 4.73 Å². The SMILES string of the molecule is O=C(COn1cccc(C(=O)O)c1=O)Nc1c(F)cccc1F. The average Bonchev–Trinajstić information content (AvgIpc) is 2.50. The average molecular weight is 324 g/mol. The molecule has 0 spiro atoms. The van der Waals surface area contributed by atoms with E-state index >= 15 is 0 Å². The molecule has 1 heterocycles. The van der Waals surface area contributed by atoms with Crippen LogP contribution in [0.3, 0.4) is 0 Å². The Balaban J connectivity index is 2.07. The van der Waals surface area contributed by atoms with Crippen molar-refractivity contribution in [3.8, 4) is 0 Å². The molecule has 0 fully saturated rings. The van der Waals surface area contributed by atoms with Gasteiger partial charge in [-0.25, -0.2) is 13.6 Å². The summed E-state index contributed by atoms with van der Waals surface area (Å²) in [6.07, 6.45) is 1.10. The summed E-state index contributed by atoms with van der Waals surface area (Å²) in [4.78, 5) is 38.9. The topological polar surface area (TPSA) is 97.6 Å². The van der Waals surface area contributed by atoms with Crippen molar-refractivity contribution in [2.24, 2.45) is 0 Å². The van der Waals surface area contributed by atoms with Crippen LogP contribution in [0.25, 0.3) is 0 Å². The number of nitrogens with zero attached hydrogens (tertiary/aromatic N) is 1. The highest BCUT2D eigenvalue weighted by Gasteiger charge is 2.14. The molecule has 2 N–H and O–H groups in total. The first kappa shape index (κ1) is 16.1. The molecule has 0 radical (unpaired) electrons. The molecule has 0 saturated carbocycles. The molecular weight excluding hydrogens is 314 g/mol. The number of rotatable bonds is 5. The van der Waals surface area contributed by atoms with Crippen LogP contribution in [0, 0.1) is 11.6 Å². The smallest absolute Gasteiger partial charge is 0.341 e. The third kappa shape index (κ3) is 3.70. The molecule has 23 heavy (non-hydrogen) atoms. The number of pyridine rings is 1. The zero-order valence-corrected chi connectivity index (χ0v) is 11.5. The Bertz CT molecular complexity index is 799. The van der Waals surface area contributed by atoms with Crippen LogP contribution in [0.2, 0.25) is 0 Å². The molecule has 1 amide bonds. The summed E-state index contributed by atoms with van der Waals surface area (Å²) < 4.78 is 27.3. The molecule has 1 aromatic carbocycles. The van der Waals surface area contributed by atoms with Gasteiger partial charge in [-0.05, 0) is 24.3 Å². The van der Waals surface area contributed by atoms with Crippen molar-refractivity contribution < 1.29 is 28.3 Å². The number of nitrogens with one attached hydrogen (secondary N) is 1. The van der Waals surface area contributed by atoms with E-state index in [1.165, 1.54) is 6.07 Å². The summed E-state index contributed by atoms with van der Waals surface area (Å²) in [6, 6.07) is 5.35. The molecule has 1 aromatic heterocycles. The van der Waals surface area contributed by atoms with Gasteiger partial charge in [-0.1, -0.05) is 6.07 Å². The summed E-state index contributed by atoms with van der Waals surface area (Å²) in [6.45, 7) is -0.753. The van der Waals surface area contributed by atoms with Crippen LogP contribution in [0.15, 0.2) is 41.3 Å². The predicted molar refractivity (Wildman–Crippen MR) is 74.1 cm³/mol. The lowest BCUT2D eigenvalue weighted by Crippen LogP contribution is -2.34. The van der Waals surface area contributed by atoms with Crippen LogP contribution in [0.5, 0.6) is 0 Å². The van der Waals surface area contributed by atoms with Crippen molar-refractivity contribution in [2.45, 2.75) is 0 Å². The molecule has 0 aliphatic heterocycles. The van der Waals surface area contributed by atoms with Gasteiger partial charge < -0.3 is 15.3 Å². The Hall–Kier alpha value is -3.23. The minimum absolute atomic E-state index is 0.542. The van der Waals surface area contributed by atoms with Gasteiger partial charge in [-0.2, -0.15) is 4.73 Å². The van der Waals surface area contributed by atoms with Crippen molar-refractivity contribution in [3.63, 3.8) is 0 Å². The second-order valence-electron chi connectivity index (χ2n) is 4.28. The first-order chi connectivity index (χ1) is 10.9. The molecule has 9 heteroatoms. The lowest BCUT2D eigenvalue weighted by molar-refractivity contribution is -0.121. The number of halogens is 2. The number of carboxylic acids is 1. The van der Waals surface area contributed by atoms with Crippen molar-refractivity contribution in [1.29, 1.82) is 0 Å². The number of para-hydroxylation sites is 1. The van der Waals surface area contributed by atoms with Gasteiger partial charge in [-0.3, -0.25) is 9.59 Å². The Kier molecular flexibility index (Phi) is 4.69. The van der Waals surface area contributed by atoms with Gasteiger partial charge in [0.2, 0.25) is 0 Å². The molecule has 0 aliphatic rings. The number of hydrogen-bond acceptors (Lipinski definition) is 4. The lowest BCUT2D eigenvalue weighted by atomic mass is 10.3. The Morgan fingerprint density at radius 3 is 2.43 bits per heavy atom. The van der Waals surface area contributed by atoms with E-state index in [4.69, 9.17) is 9.94 Å². The first-order valence-corrected chi connectivity index (χ1v) is 6.22. The van der Waals surface area contributed by atoms with E-state index in [-0.39, 0.29) is 0 Å². The summed E-state index contributed by atoms with van der Waals surface area (Å²) in [5.74, 6) is -4.32. The minimum Gasteiger partial charge on any atom is -0.477 e. The van der Waals surface area contributed by atoms with Crippen LogP contribution in [0.4, 0.5) is 14.5 Å². The monoisotopic (exact) mass is 324 g/mol. The summed E-state index contributed by atoms with van der Waals surface area (Å²) in [5, 5.41) is 10.8. The predicted octanol–water partition coefficient (Wildman–Crippen LogP) is 0.892. The molecule has 0 saturated heterocycles. The van der Waals surface area contributed by atoms with E-state index in [2.05, 4.69) is 0 Å². The van der Waals surface area contributed by atoms with Gasteiger partial charge in [0.25, 0.3) is 11.5 Å². The number of aromatic nitrogens is 1. The van der Waals surface area contributed by atoms with E-state index in [1.54, 1.807) is 0 Å². The summed E-state index contributed by atoms with van der Waals surface area (Å²) >= 11 is 0. The van der Waals surface area contributed by atoms with Crippen molar-refractivity contribution >= 4 is 17.6 Å². The van der Waals surface area contributed by atoms with E-state index in [0.717, 1.165) is 30.5 Å².